The normalized spacial score (nSPS) is 37.1. The van der Waals surface area contributed by atoms with Crippen LogP contribution in [0.15, 0.2) is 12.3 Å². The van der Waals surface area contributed by atoms with Crippen molar-refractivity contribution in [2.75, 3.05) is 0 Å². The van der Waals surface area contributed by atoms with E-state index in [-0.39, 0.29) is 11.9 Å². The van der Waals surface area contributed by atoms with Gasteiger partial charge in [-0.25, -0.2) is 9.97 Å². The van der Waals surface area contributed by atoms with Gasteiger partial charge in [0, 0.05) is 12.2 Å². The molecule has 0 radical (unpaired) electrons. The molecule has 0 saturated heterocycles. The summed E-state index contributed by atoms with van der Waals surface area (Å²) in [5.74, 6) is 3.33. The molecule has 4 aliphatic rings. The van der Waals surface area contributed by atoms with Crippen LogP contribution in [-0.4, -0.2) is 21.9 Å². The molecule has 4 fully saturated rings. The van der Waals surface area contributed by atoms with E-state index < -0.39 is 0 Å². The minimum absolute atomic E-state index is 0.0475. The largest absolute Gasteiger partial charge is 0.348 e. The number of nitrogens with one attached hydrogen (secondary N) is 1. The monoisotopic (exact) mass is 299 g/mol. The van der Waals surface area contributed by atoms with Crippen LogP contribution in [0.25, 0.3) is 0 Å². The van der Waals surface area contributed by atoms with Crippen molar-refractivity contribution in [1.29, 1.82) is 0 Å². The fourth-order valence-corrected chi connectivity index (χ4v) is 5.71. The highest BCUT2D eigenvalue weighted by Crippen LogP contribution is 2.61. The Kier molecular flexibility index (Phi) is 3.24. The molecular formula is C18H25N3O. The van der Waals surface area contributed by atoms with Crippen molar-refractivity contribution in [3.05, 3.63) is 23.8 Å². The zero-order valence-electron chi connectivity index (χ0n) is 13.5. The standard InChI is InChI=1S/C18H25N3O/c1-11(20-17(22)16-3-4-19-12(2)21-16)18-8-13-5-14(9-18)7-15(6-13)10-18/h3-4,11,13-15H,5-10H2,1-2H3,(H,20,22). The van der Waals surface area contributed by atoms with Gasteiger partial charge in [0.2, 0.25) is 0 Å². The van der Waals surface area contributed by atoms with Crippen molar-refractivity contribution in [2.24, 2.45) is 23.2 Å². The predicted octanol–water partition coefficient (Wildman–Crippen LogP) is 3.12. The maximum Gasteiger partial charge on any atom is 0.270 e. The Labute approximate surface area is 132 Å². The summed E-state index contributed by atoms with van der Waals surface area (Å²) in [5.41, 5.74) is 0.830. The average Bonchev–Trinajstić information content (AvgIpc) is 2.45. The van der Waals surface area contributed by atoms with E-state index in [0.717, 1.165) is 17.8 Å². The van der Waals surface area contributed by atoms with Gasteiger partial charge < -0.3 is 5.32 Å². The fourth-order valence-electron chi connectivity index (χ4n) is 5.71. The Balaban J connectivity index is 1.50. The lowest BCUT2D eigenvalue weighted by Crippen LogP contribution is -2.55. The lowest BCUT2D eigenvalue weighted by Gasteiger charge is -2.59. The van der Waals surface area contributed by atoms with Crippen LogP contribution in [-0.2, 0) is 0 Å². The summed E-state index contributed by atoms with van der Waals surface area (Å²) in [6, 6.07) is 1.94. The molecule has 1 heterocycles. The summed E-state index contributed by atoms with van der Waals surface area (Å²) in [5, 5.41) is 3.25. The van der Waals surface area contributed by atoms with E-state index in [9.17, 15) is 4.79 Å². The molecule has 4 aliphatic carbocycles. The molecule has 22 heavy (non-hydrogen) atoms. The Morgan fingerprint density at radius 1 is 1.23 bits per heavy atom. The number of nitrogens with zero attached hydrogens (tertiary/aromatic N) is 2. The number of rotatable bonds is 3. The van der Waals surface area contributed by atoms with Crippen molar-refractivity contribution in [3.8, 4) is 0 Å². The first-order valence-electron chi connectivity index (χ1n) is 8.64. The molecule has 4 nitrogen and oxygen atoms in total. The molecule has 4 heteroatoms. The summed E-state index contributed by atoms with van der Waals surface area (Å²) in [6.45, 7) is 4.03. The zero-order chi connectivity index (χ0) is 15.3. The van der Waals surface area contributed by atoms with E-state index >= 15 is 0 Å². The van der Waals surface area contributed by atoms with Gasteiger partial charge in [-0.2, -0.15) is 0 Å². The van der Waals surface area contributed by atoms with Gasteiger partial charge >= 0.3 is 0 Å². The third kappa shape index (κ3) is 2.33. The van der Waals surface area contributed by atoms with Crippen LogP contribution in [0.4, 0.5) is 0 Å². The smallest absolute Gasteiger partial charge is 0.270 e. The zero-order valence-corrected chi connectivity index (χ0v) is 13.5. The Morgan fingerprint density at radius 3 is 2.36 bits per heavy atom. The van der Waals surface area contributed by atoms with Crippen LogP contribution >= 0.6 is 0 Å². The van der Waals surface area contributed by atoms with Crippen molar-refractivity contribution in [3.63, 3.8) is 0 Å². The Hall–Kier alpha value is -1.45. The number of aromatic nitrogens is 2. The van der Waals surface area contributed by atoms with Gasteiger partial charge in [0.05, 0.1) is 0 Å². The van der Waals surface area contributed by atoms with E-state index in [1.807, 2.05) is 6.92 Å². The second-order valence-corrected chi connectivity index (χ2v) is 7.96. The highest BCUT2D eigenvalue weighted by atomic mass is 16.1. The van der Waals surface area contributed by atoms with E-state index in [4.69, 9.17) is 0 Å². The number of carbonyl (C=O) groups is 1. The molecule has 1 atom stereocenters. The van der Waals surface area contributed by atoms with E-state index in [1.165, 1.54) is 38.5 Å². The van der Waals surface area contributed by atoms with Crippen molar-refractivity contribution < 1.29 is 4.79 Å². The number of hydrogen-bond acceptors (Lipinski definition) is 3. The molecule has 1 aromatic heterocycles. The summed E-state index contributed by atoms with van der Waals surface area (Å²) >= 11 is 0. The van der Waals surface area contributed by atoms with Crippen LogP contribution in [0.3, 0.4) is 0 Å². The molecule has 4 saturated carbocycles. The first kappa shape index (κ1) is 14.2. The molecule has 5 rings (SSSR count). The fraction of sp³-hybridized carbons (Fsp3) is 0.722. The van der Waals surface area contributed by atoms with Crippen LogP contribution in [0.1, 0.15) is 61.8 Å². The van der Waals surface area contributed by atoms with Gasteiger partial charge in [0.15, 0.2) is 0 Å². The molecule has 0 aromatic carbocycles. The molecule has 1 N–H and O–H groups in total. The molecule has 1 aromatic rings. The second kappa shape index (κ2) is 5.04. The highest BCUT2D eigenvalue weighted by Gasteiger charge is 2.53. The van der Waals surface area contributed by atoms with Crippen LogP contribution < -0.4 is 5.32 Å². The molecule has 118 valence electrons. The maximum atomic E-state index is 12.5. The Morgan fingerprint density at radius 2 is 1.82 bits per heavy atom. The number of aryl methyl sites for hydroxylation is 1. The molecule has 0 aliphatic heterocycles. The first-order valence-corrected chi connectivity index (χ1v) is 8.64. The molecular weight excluding hydrogens is 274 g/mol. The first-order chi connectivity index (χ1) is 10.5. The average molecular weight is 299 g/mol. The van der Waals surface area contributed by atoms with E-state index in [0.29, 0.717) is 16.9 Å². The SMILES string of the molecule is Cc1nccc(C(=O)NC(C)C23CC4CC(CC(C4)C2)C3)n1. The van der Waals surface area contributed by atoms with Crippen molar-refractivity contribution >= 4 is 5.91 Å². The van der Waals surface area contributed by atoms with Gasteiger partial charge in [-0.1, -0.05) is 0 Å². The number of amides is 1. The van der Waals surface area contributed by atoms with E-state index in [1.54, 1.807) is 12.3 Å². The lowest BCUT2D eigenvalue weighted by atomic mass is 9.48. The van der Waals surface area contributed by atoms with E-state index in [2.05, 4.69) is 22.2 Å². The van der Waals surface area contributed by atoms with Gasteiger partial charge in [-0.15, -0.1) is 0 Å². The lowest BCUT2D eigenvalue weighted by molar-refractivity contribution is -0.0688. The van der Waals surface area contributed by atoms with Crippen LogP contribution in [0, 0.1) is 30.1 Å². The molecule has 1 unspecified atom stereocenters. The van der Waals surface area contributed by atoms with Crippen molar-refractivity contribution in [1.82, 2.24) is 15.3 Å². The molecule has 1 amide bonds. The summed E-state index contributed by atoms with van der Waals surface area (Å²) in [7, 11) is 0. The van der Waals surface area contributed by atoms with Gasteiger partial charge in [-0.3, -0.25) is 4.79 Å². The Bertz CT molecular complexity index is 562. The maximum absolute atomic E-state index is 12.5. The topological polar surface area (TPSA) is 54.9 Å². The van der Waals surface area contributed by atoms with Gasteiger partial charge in [0.25, 0.3) is 5.91 Å². The minimum Gasteiger partial charge on any atom is -0.348 e. The van der Waals surface area contributed by atoms with Gasteiger partial charge in [-0.05, 0) is 81.6 Å². The summed E-state index contributed by atoms with van der Waals surface area (Å²) in [6.07, 6.45) is 9.89. The van der Waals surface area contributed by atoms with Crippen LogP contribution in [0.2, 0.25) is 0 Å². The molecule has 0 spiro atoms. The highest BCUT2D eigenvalue weighted by molar-refractivity contribution is 5.92. The number of carbonyl (C=O) groups excluding carboxylic acids is 1. The van der Waals surface area contributed by atoms with Crippen molar-refractivity contribution in [2.45, 2.75) is 58.4 Å². The second-order valence-electron chi connectivity index (χ2n) is 7.96. The summed E-state index contributed by atoms with van der Waals surface area (Å²) in [4.78, 5) is 20.8. The quantitative estimate of drug-likeness (QED) is 0.933. The van der Waals surface area contributed by atoms with Gasteiger partial charge in [0.1, 0.15) is 11.5 Å². The number of hydrogen-bond donors (Lipinski definition) is 1. The summed E-state index contributed by atoms with van der Waals surface area (Å²) < 4.78 is 0. The minimum atomic E-state index is -0.0475. The molecule has 4 bridgehead atoms. The third-order valence-corrected chi connectivity index (χ3v) is 6.36. The predicted molar refractivity (Wildman–Crippen MR) is 84.3 cm³/mol. The third-order valence-electron chi connectivity index (χ3n) is 6.36. The van der Waals surface area contributed by atoms with Crippen LogP contribution in [0.5, 0.6) is 0 Å².